The van der Waals surface area contributed by atoms with Crippen molar-refractivity contribution in [2.24, 2.45) is 5.92 Å². The molecule has 310 valence electrons. The average molecular weight is 834 g/mol. The van der Waals surface area contributed by atoms with Gasteiger partial charge in [-0.05, 0) is 115 Å². The predicted molar refractivity (Wildman–Crippen MR) is 267 cm³/mol. The Morgan fingerprint density at radius 3 is 1.71 bits per heavy atom. The maximum absolute atomic E-state index is 6.99. The van der Waals surface area contributed by atoms with Crippen molar-refractivity contribution in [1.29, 1.82) is 0 Å². The Morgan fingerprint density at radius 1 is 0.538 bits per heavy atom. The van der Waals surface area contributed by atoms with Gasteiger partial charge in [-0.25, -0.2) is 0 Å². The zero-order valence-electron chi connectivity index (χ0n) is 36.4. The van der Waals surface area contributed by atoms with Crippen molar-refractivity contribution >= 4 is 28.3 Å². The molecule has 2 nitrogen and oxygen atoms in total. The van der Waals surface area contributed by atoms with Crippen LogP contribution in [0, 0.1) is 5.92 Å². The van der Waals surface area contributed by atoms with Crippen LogP contribution in [0.25, 0.3) is 44.9 Å². The highest BCUT2D eigenvalue weighted by molar-refractivity contribution is 5.99. The Hall–Kier alpha value is -7.42. The van der Waals surface area contributed by atoms with E-state index in [0.717, 1.165) is 30.6 Å². The van der Waals surface area contributed by atoms with E-state index in [-0.39, 0.29) is 18.0 Å². The lowest BCUT2D eigenvalue weighted by molar-refractivity contribution is 0.525. The molecule has 2 heteroatoms. The number of hydrogen-bond donors (Lipinski definition) is 0. The van der Waals surface area contributed by atoms with Gasteiger partial charge in [0.15, 0.2) is 0 Å². The molecule has 0 bridgehead atoms. The van der Waals surface area contributed by atoms with Gasteiger partial charge in [0.1, 0.15) is 11.3 Å². The number of allylic oxidation sites excluding steroid dienone is 6. The molecule has 0 amide bonds. The Balaban J connectivity index is 0.983. The van der Waals surface area contributed by atoms with E-state index in [4.69, 9.17) is 4.42 Å². The molecule has 0 saturated carbocycles. The Morgan fingerprint density at radius 2 is 1.09 bits per heavy atom. The molecular weight excluding hydrogens is 787 g/mol. The van der Waals surface area contributed by atoms with E-state index in [2.05, 4.69) is 224 Å². The predicted octanol–water partition coefficient (Wildman–Crippen LogP) is 14.8. The first-order valence-electron chi connectivity index (χ1n) is 23.5. The molecule has 1 aromatic heterocycles. The fraction of sp³-hybridized carbons (Fsp3) is 0.143. The van der Waals surface area contributed by atoms with Crippen molar-refractivity contribution in [1.82, 2.24) is 0 Å². The van der Waals surface area contributed by atoms with Crippen LogP contribution in [-0.4, -0.2) is 12.1 Å². The van der Waals surface area contributed by atoms with Gasteiger partial charge in [-0.15, -0.1) is 0 Å². The van der Waals surface area contributed by atoms with Crippen LogP contribution in [0.3, 0.4) is 0 Å². The maximum atomic E-state index is 6.99. The highest BCUT2D eigenvalue weighted by atomic mass is 16.3. The van der Waals surface area contributed by atoms with Crippen molar-refractivity contribution in [3.05, 3.63) is 268 Å². The number of fused-ring (bicyclic) bond motifs is 15. The summed E-state index contributed by atoms with van der Waals surface area (Å²) in [6.07, 6.45) is 19.6. The minimum atomic E-state index is -0.455. The van der Waals surface area contributed by atoms with Crippen LogP contribution in [-0.2, 0) is 17.3 Å². The molecule has 0 saturated heterocycles. The highest BCUT2D eigenvalue weighted by Crippen LogP contribution is 2.65. The largest absolute Gasteiger partial charge is 0.456 e. The van der Waals surface area contributed by atoms with E-state index in [1.165, 1.54) is 94.6 Å². The van der Waals surface area contributed by atoms with Crippen molar-refractivity contribution in [2.75, 3.05) is 4.90 Å². The molecule has 65 heavy (non-hydrogen) atoms. The van der Waals surface area contributed by atoms with E-state index < -0.39 is 10.8 Å². The molecule has 7 aromatic carbocycles. The number of hydrogen-bond acceptors (Lipinski definition) is 2. The topological polar surface area (TPSA) is 16.4 Å². The molecule has 6 aliphatic carbocycles. The zero-order chi connectivity index (χ0) is 42.9. The molecule has 8 aromatic rings. The maximum Gasteiger partial charge on any atom is 0.135 e. The van der Waals surface area contributed by atoms with Gasteiger partial charge in [-0.2, -0.15) is 0 Å². The third kappa shape index (κ3) is 4.79. The van der Waals surface area contributed by atoms with Gasteiger partial charge in [0, 0.05) is 23.1 Å². The van der Waals surface area contributed by atoms with Crippen LogP contribution >= 0.6 is 0 Å². The molecule has 0 aliphatic heterocycles. The number of furan rings is 1. The summed E-state index contributed by atoms with van der Waals surface area (Å²) in [5.41, 5.74) is 21.8. The number of anilines is 1. The minimum absolute atomic E-state index is 0.0502. The average Bonchev–Trinajstić information content (AvgIpc) is 4.08. The van der Waals surface area contributed by atoms with E-state index in [0.29, 0.717) is 0 Å². The Bertz CT molecular complexity index is 3370. The summed E-state index contributed by atoms with van der Waals surface area (Å²) in [5.74, 6) is 1.21. The lowest BCUT2D eigenvalue weighted by atomic mass is 9.64. The fourth-order valence-electron chi connectivity index (χ4n) is 13.6. The second-order valence-corrected chi connectivity index (χ2v) is 18.9. The van der Waals surface area contributed by atoms with E-state index in [1.54, 1.807) is 0 Å². The van der Waals surface area contributed by atoms with Gasteiger partial charge in [0.25, 0.3) is 0 Å². The van der Waals surface area contributed by atoms with Crippen molar-refractivity contribution in [3.63, 3.8) is 0 Å². The Kier molecular flexibility index (Phi) is 7.85. The minimum Gasteiger partial charge on any atom is -0.456 e. The summed E-state index contributed by atoms with van der Waals surface area (Å²) in [4.78, 5) is 2.78. The summed E-state index contributed by atoms with van der Waals surface area (Å²) in [5, 5.41) is 1.26. The van der Waals surface area contributed by atoms with Crippen molar-refractivity contribution in [2.45, 2.75) is 49.1 Å². The van der Waals surface area contributed by atoms with Gasteiger partial charge < -0.3 is 9.32 Å². The van der Waals surface area contributed by atoms with Crippen molar-refractivity contribution in [3.8, 4) is 22.3 Å². The highest BCUT2D eigenvalue weighted by Gasteiger charge is 2.55. The molecule has 2 unspecified atom stereocenters. The van der Waals surface area contributed by atoms with Crippen LogP contribution in [0.4, 0.5) is 5.69 Å². The third-order valence-electron chi connectivity index (χ3n) is 15.9. The van der Waals surface area contributed by atoms with Crippen molar-refractivity contribution < 1.29 is 4.42 Å². The van der Waals surface area contributed by atoms with E-state index in [1.807, 2.05) is 0 Å². The lowest BCUT2D eigenvalue weighted by Crippen LogP contribution is -2.48. The summed E-state index contributed by atoms with van der Waals surface area (Å²) in [6.45, 7) is 2.43. The molecule has 1 heterocycles. The summed E-state index contributed by atoms with van der Waals surface area (Å²) < 4.78 is 6.99. The first-order chi connectivity index (χ1) is 32.2. The molecule has 0 radical (unpaired) electrons. The zero-order valence-corrected chi connectivity index (χ0v) is 36.4. The standard InChI is InChI=1S/C63H47NO/c1-40-35-37-56-60(48-27-12-17-32-54(48)63(56)52-30-15-10-25-46(52)47-26-11-16-31-53(47)63)61(40)64(42-21-6-3-7-22-42)43-36-38-57-49(39-43)59-55(33-18-34-58(59)65-57)62(41-19-4-2-5-20-41)50-28-13-8-23-44(50)45-24-9-14-29-51(45)62/h2-4,6-19,21-38,40,43,61H,5,20,39H2,1H3/t40-,43?,61?/m0/s1. The van der Waals surface area contributed by atoms with Gasteiger partial charge in [0.2, 0.25) is 0 Å². The number of para-hydroxylation sites is 1. The van der Waals surface area contributed by atoms with E-state index >= 15 is 0 Å². The summed E-state index contributed by atoms with van der Waals surface area (Å²) in [7, 11) is 0. The second kappa shape index (κ2) is 13.8. The van der Waals surface area contributed by atoms with E-state index in [9.17, 15) is 0 Å². The van der Waals surface area contributed by atoms with Crippen LogP contribution in [0.2, 0.25) is 0 Å². The number of rotatable bonds is 5. The number of nitrogens with zero attached hydrogens (tertiary/aromatic N) is 1. The van der Waals surface area contributed by atoms with Gasteiger partial charge in [-0.3, -0.25) is 0 Å². The van der Waals surface area contributed by atoms with Gasteiger partial charge in [0.05, 0.1) is 22.9 Å². The molecular formula is C63H47NO. The SMILES string of the molecule is C[C@H]1C=CC2=C(c3ccccc3C23c2ccccc2-c2ccccc23)C1N(c1ccccc1)C1C=Cc2oc3cccc(C4(C5=CC=CCC5)c5ccccc5-c5ccccc54)c3c2C1. The third-order valence-corrected chi connectivity index (χ3v) is 15.9. The summed E-state index contributed by atoms with van der Waals surface area (Å²) in [6, 6.07) is 64.1. The lowest BCUT2D eigenvalue weighted by Gasteiger charge is -2.45. The quantitative estimate of drug-likeness (QED) is 0.172. The molecule has 0 N–H and O–H groups in total. The fourth-order valence-corrected chi connectivity index (χ4v) is 13.6. The molecule has 14 rings (SSSR count). The first-order valence-corrected chi connectivity index (χ1v) is 23.5. The van der Waals surface area contributed by atoms with Crippen LogP contribution in [0.15, 0.2) is 222 Å². The monoisotopic (exact) mass is 833 g/mol. The molecule has 3 atom stereocenters. The molecule has 1 spiro atoms. The molecule has 0 fully saturated rings. The second-order valence-electron chi connectivity index (χ2n) is 18.9. The smallest absolute Gasteiger partial charge is 0.135 e. The van der Waals surface area contributed by atoms with Crippen LogP contribution < -0.4 is 4.90 Å². The normalized spacial score (nSPS) is 20.8. The van der Waals surface area contributed by atoms with Gasteiger partial charge in [-0.1, -0.05) is 201 Å². The Labute approximate surface area is 380 Å². The molecule has 6 aliphatic rings. The van der Waals surface area contributed by atoms with Crippen LogP contribution in [0.5, 0.6) is 0 Å². The summed E-state index contributed by atoms with van der Waals surface area (Å²) >= 11 is 0. The van der Waals surface area contributed by atoms with Gasteiger partial charge >= 0.3 is 0 Å². The first kappa shape index (κ1) is 37.0. The van der Waals surface area contributed by atoms with Crippen LogP contribution in [0.1, 0.15) is 70.0 Å². The number of benzene rings is 7.